The van der Waals surface area contributed by atoms with Crippen molar-refractivity contribution in [2.24, 2.45) is 17.8 Å². The van der Waals surface area contributed by atoms with Crippen LogP contribution in [0.1, 0.15) is 34.1 Å². The fourth-order valence-electron chi connectivity index (χ4n) is 2.92. The van der Waals surface area contributed by atoms with E-state index in [1.54, 1.807) is 0 Å². The Balaban J connectivity index is 2.08. The van der Waals surface area contributed by atoms with Crippen LogP contribution in [0.2, 0.25) is 5.15 Å². The van der Waals surface area contributed by atoms with Crippen LogP contribution >= 0.6 is 23.8 Å². The summed E-state index contributed by atoms with van der Waals surface area (Å²) >= 11 is 11.4. The minimum absolute atomic E-state index is 0.426. The molecule has 2 rings (SSSR count). The van der Waals surface area contributed by atoms with Gasteiger partial charge in [-0.25, -0.2) is 4.98 Å². The van der Waals surface area contributed by atoms with Gasteiger partial charge >= 0.3 is 0 Å². The number of hydrogen-bond donors (Lipinski definition) is 2. The first-order valence-electron chi connectivity index (χ1n) is 8.18. The van der Waals surface area contributed by atoms with E-state index in [1.807, 2.05) is 6.07 Å². The molecule has 0 unspecified atom stereocenters. The molecule has 128 valence electrons. The number of aromatic nitrogens is 2. The lowest BCUT2D eigenvalue weighted by molar-refractivity contribution is 0.355. The molecule has 1 aromatic rings. The van der Waals surface area contributed by atoms with Gasteiger partial charge in [0.15, 0.2) is 5.11 Å². The topological polar surface area (TPSA) is 53.1 Å². The molecule has 2 atom stereocenters. The molecule has 1 aromatic heterocycles. The molecule has 23 heavy (non-hydrogen) atoms. The fourth-order valence-corrected chi connectivity index (χ4v) is 3.27. The summed E-state index contributed by atoms with van der Waals surface area (Å²) in [6.45, 7) is 11.6. The Kier molecular flexibility index (Phi) is 6.41. The Morgan fingerprint density at radius 3 is 2.61 bits per heavy atom. The van der Waals surface area contributed by atoms with Crippen molar-refractivity contribution in [3.63, 3.8) is 0 Å². The summed E-state index contributed by atoms with van der Waals surface area (Å²) in [5, 5.41) is 7.12. The quantitative estimate of drug-likeness (QED) is 0.636. The van der Waals surface area contributed by atoms with E-state index in [2.05, 4.69) is 53.2 Å². The van der Waals surface area contributed by atoms with E-state index in [-0.39, 0.29) is 0 Å². The Labute approximate surface area is 149 Å². The van der Waals surface area contributed by atoms with Gasteiger partial charge in [0.05, 0.1) is 0 Å². The zero-order chi connectivity index (χ0) is 17.0. The van der Waals surface area contributed by atoms with E-state index in [1.165, 1.54) is 6.42 Å². The van der Waals surface area contributed by atoms with Crippen molar-refractivity contribution < 1.29 is 0 Å². The highest BCUT2D eigenvalue weighted by molar-refractivity contribution is 7.80. The molecule has 1 aliphatic rings. The van der Waals surface area contributed by atoms with Gasteiger partial charge in [0.25, 0.3) is 0 Å². The van der Waals surface area contributed by atoms with Gasteiger partial charge < -0.3 is 15.5 Å². The van der Waals surface area contributed by atoms with Crippen LogP contribution in [0.3, 0.4) is 0 Å². The lowest BCUT2D eigenvalue weighted by atomic mass is 9.92. The van der Waals surface area contributed by atoms with Gasteiger partial charge in [0, 0.05) is 25.7 Å². The summed E-state index contributed by atoms with van der Waals surface area (Å²) in [5.41, 5.74) is 0. The molecule has 0 bridgehead atoms. The second-order valence-electron chi connectivity index (χ2n) is 6.95. The van der Waals surface area contributed by atoms with Crippen LogP contribution in [0.5, 0.6) is 0 Å². The number of nitrogens with one attached hydrogen (secondary N) is 2. The molecule has 1 saturated heterocycles. The SMILES string of the molecule is CC(C)CNC(=S)Nc1nc(Cl)cc(N2C[C@@H](C)C[C@H](C)C2)n1. The van der Waals surface area contributed by atoms with Crippen molar-refractivity contribution in [1.82, 2.24) is 15.3 Å². The van der Waals surface area contributed by atoms with Crippen LogP contribution in [0, 0.1) is 17.8 Å². The largest absolute Gasteiger partial charge is 0.362 e. The predicted molar refractivity (Wildman–Crippen MR) is 101 cm³/mol. The maximum Gasteiger partial charge on any atom is 0.232 e. The third-order valence-corrected chi connectivity index (χ3v) is 4.21. The third-order valence-electron chi connectivity index (χ3n) is 3.77. The second kappa shape index (κ2) is 8.11. The van der Waals surface area contributed by atoms with Gasteiger partial charge in [0.1, 0.15) is 11.0 Å². The molecule has 0 saturated carbocycles. The summed E-state index contributed by atoms with van der Waals surface area (Å²) in [6, 6.07) is 1.82. The van der Waals surface area contributed by atoms with Gasteiger partial charge in [-0.15, -0.1) is 0 Å². The van der Waals surface area contributed by atoms with E-state index in [0.29, 0.717) is 34.0 Å². The van der Waals surface area contributed by atoms with Crippen LogP contribution in [-0.2, 0) is 0 Å². The molecule has 0 amide bonds. The molecule has 1 aliphatic heterocycles. The number of piperidine rings is 1. The Hall–Kier alpha value is -1.14. The normalized spacial score (nSPS) is 21.4. The average molecular weight is 356 g/mol. The van der Waals surface area contributed by atoms with Crippen LogP contribution in [-0.4, -0.2) is 34.7 Å². The maximum atomic E-state index is 6.17. The van der Waals surface area contributed by atoms with Gasteiger partial charge in [-0.3, -0.25) is 0 Å². The molecule has 0 aromatic carbocycles. The van der Waals surface area contributed by atoms with Crippen LogP contribution in [0.25, 0.3) is 0 Å². The summed E-state index contributed by atoms with van der Waals surface area (Å²) in [6.07, 6.45) is 1.25. The van der Waals surface area contributed by atoms with Crippen molar-refractivity contribution in [1.29, 1.82) is 0 Å². The van der Waals surface area contributed by atoms with E-state index in [9.17, 15) is 0 Å². The molecular formula is C16H26ClN5S. The van der Waals surface area contributed by atoms with Crippen LogP contribution in [0.15, 0.2) is 6.07 Å². The Morgan fingerprint density at radius 2 is 2.00 bits per heavy atom. The Bertz CT molecular complexity index is 541. The first kappa shape index (κ1) is 18.2. The zero-order valence-electron chi connectivity index (χ0n) is 14.3. The van der Waals surface area contributed by atoms with Gasteiger partial charge in [0.2, 0.25) is 5.95 Å². The van der Waals surface area contributed by atoms with Gasteiger partial charge in [-0.2, -0.15) is 4.98 Å². The average Bonchev–Trinajstić information content (AvgIpc) is 2.43. The van der Waals surface area contributed by atoms with E-state index < -0.39 is 0 Å². The number of halogens is 1. The standard InChI is InChI=1S/C16H26ClN5S/c1-10(2)7-18-16(23)21-15-19-13(17)6-14(20-15)22-8-11(3)5-12(4)9-22/h6,10-12H,5,7-9H2,1-4H3,(H2,18,19,20,21,23)/t11-,12-/m0/s1. The second-order valence-corrected chi connectivity index (χ2v) is 7.75. The van der Waals surface area contributed by atoms with E-state index >= 15 is 0 Å². The highest BCUT2D eigenvalue weighted by Gasteiger charge is 2.23. The van der Waals surface area contributed by atoms with Gasteiger partial charge in [-0.05, 0) is 36.4 Å². The lowest BCUT2D eigenvalue weighted by Crippen LogP contribution is -2.39. The summed E-state index contributed by atoms with van der Waals surface area (Å²) in [4.78, 5) is 11.1. The first-order chi connectivity index (χ1) is 10.8. The minimum Gasteiger partial charge on any atom is -0.362 e. The van der Waals surface area contributed by atoms with Crippen molar-refractivity contribution in [2.75, 3.05) is 29.9 Å². The number of rotatable bonds is 4. The van der Waals surface area contributed by atoms with Gasteiger partial charge in [-0.1, -0.05) is 39.3 Å². The molecule has 5 nitrogen and oxygen atoms in total. The Morgan fingerprint density at radius 1 is 1.35 bits per heavy atom. The van der Waals surface area contributed by atoms with Crippen LogP contribution in [0.4, 0.5) is 11.8 Å². The number of thiocarbonyl (C=S) groups is 1. The molecular weight excluding hydrogens is 330 g/mol. The maximum absolute atomic E-state index is 6.17. The van der Waals surface area contributed by atoms with E-state index in [0.717, 1.165) is 25.5 Å². The van der Waals surface area contributed by atoms with Crippen LogP contribution < -0.4 is 15.5 Å². The number of anilines is 2. The van der Waals surface area contributed by atoms with Crippen molar-refractivity contribution in [2.45, 2.75) is 34.1 Å². The van der Waals surface area contributed by atoms with Crippen molar-refractivity contribution in [3.8, 4) is 0 Å². The molecule has 0 aliphatic carbocycles. The summed E-state index contributed by atoms with van der Waals surface area (Å²) in [7, 11) is 0. The molecule has 2 N–H and O–H groups in total. The van der Waals surface area contributed by atoms with Crippen molar-refractivity contribution >= 4 is 40.7 Å². The minimum atomic E-state index is 0.426. The van der Waals surface area contributed by atoms with Crippen molar-refractivity contribution in [3.05, 3.63) is 11.2 Å². The molecule has 2 heterocycles. The predicted octanol–water partition coefficient (Wildman–Crippen LogP) is 3.55. The molecule has 7 heteroatoms. The highest BCUT2D eigenvalue weighted by Crippen LogP contribution is 2.26. The molecule has 1 fully saturated rings. The third kappa shape index (κ3) is 5.77. The zero-order valence-corrected chi connectivity index (χ0v) is 15.8. The summed E-state index contributed by atoms with van der Waals surface area (Å²) < 4.78 is 0. The number of hydrogen-bond acceptors (Lipinski definition) is 4. The number of nitrogens with zero attached hydrogens (tertiary/aromatic N) is 3. The smallest absolute Gasteiger partial charge is 0.232 e. The molecule has 0 spiro atoms. The first-order valence-corrected chi connectivity index (χ1v) is 8.96. The molecule has 0 radical (unpaired) electrons. The lowest BCUT2D eigenvalue weighted by Gasteiger charge is -2.35. The fraction of sp³-hybridized carbons (Fsp3) is 0.688. The summed E-state index contributed by atoms with van der Waals surface area (Å²) in [5.74, 6) is 3.12. The van der Waals surface area contributed by atoms with E-state index in [4.69, 9.17) is 23.8 Å². The highest BCUT2D eigenvalue weighted by atomic mass is 35.5. The monoisotopic (exact) mass is 355 g/mol.